The zero-order valence-corrected chi connectivity index (χ0v) is 26.2. The van der Waals surface area contributed by atoms with Gasteiger partial charge in [0.15, 0.2) is 0 Å². The lowest BCUT2D eigenvalue weighted by atomic mass is 10.1. The average Bonchev–Trinajstić information content (AvgIpc) is 3.01. The maximum atomic E-state index is 11.5. The standard InChI is InChI=1S/C14H27NO4.C9H16O4.C5H11N.C2H6O.CH4/c1-2-17-10-11-18-12-13-19-14(16)6-9-15-7-4-3-5-8-15;1-3-9(10)13-8-7-12-6-5-11-4-2;1-2-4-6-5-3-1;1-2-3;/h2-13H2,1H3;3H,1,4-8H2,2H3;6H,1-5H2;3H,2H2,1H3;1H4. The number of carbonyl (C=O) groups is 2. The van der Waals surface area contributed by atoms with Gasteiger partial charge in [0.1, 0.15) is 13.2 Å². The summed E-state index contributed by atoms with van der Waals surface area (Å²) in [6, 6.07) is 0. The van der Waals surface area contributed by atoms with Crippen molar-refractivity contribution in [1.29, 1.82) is 0 Å². The van der Waals surface area contributed by atoms with Crippen LogP contribution < -0.4 is 5.32 Å². The number of aliphatic hydroxyl groups is 1. The molecule has 0 aromatic rings. The highest BCUT2D eigenvalue weighted by Crippen LogP contribution is 2.08. The molecule has 2 aliphatic rings. The van der Waals surface area contributed by atoms with Gasteiger partial charge in [0, 0.05) is 32.4 Å². The summed E-state index contributed by atoms with van der Waals surface area (Å²) < 4.78 is 30.3. The Hall–Kier alpha value is -1.60. The fourth-order valence-corrected chi connectivity index (χ4v) is 3.51. The first-order chi connectivity index (χ1) is 20.0. The zero-order valence-electron chi connectivity index (χ0n) is 26.2. The number of esters is 2. The number of nitrogens with one attached hydrogen (secondary N) is 1. The summed E-state index contributed by atoms with van der Waals surface area (Å²) in [5.74, 6) is -0.549. The van der Waals surface area contributed by atoms with Gasteiger partial charge in [-0.1, -0.05) is 26.8 Å². The minimum Gasteiger partial charge on any atom is -0.463 e. The van der Waals surface area contributed by atoms with Crippen LogP contribution in [0.5, 0.6) is 0 Å². The van der Waals surface area contributed by atoms with Crippen molar-refractivity contribution in [3.05, 3.63) is 12.7 Å². The van der Waals surface area contributed by atoms with E-state index in [9.17, 15) is 9.59 Å². The molecule has 2 saturated heterocycles. The number of ether oxygens (including phenoxy) is 6. The van der Waals surface area contributed by atoms with Crippen molar-refractivity contribution in [3.63, 3.8) is 0 Å². The van der Waals surface area contributed by atoms with Crippen LogP contribution in [0.15, 0.2) is 12.7 Å². The second kappa shape index (κ2) is 39.4. The molecule has 0 aromatic carbocycles. The molecule has 0 radical (unpaired) electrons. The molecular formula is C31H64N2O9. The van der Waals surface area contributed by atoms with Gasteiger partial charge in [0.05, 0.1) is 46.1 Å². The Morgan fingerprint density at radius 3 is 1.62 bits per heavy atom. The van der Waals surface area contributed by atoms with Crippen molar-refractivity contribution in [3.8, 4) is 0 Å². The van der Waals surface area contributed by atoms with Crippen LogP contribution in [0.4, 0.5) is 0 Å². The van der Waals surface area contributed by atoms with Crippen molar-refractivity contribution >= 4 is 11.9 Å². The molecular weight excluding hydrogens is 544 g/mol. The van der Waals surface area contributed by atoms with Crippen LogP contribution >= 0.6 is 0 Å². The van der Waals surface area contributed by atoms with Gasteiger partial charge in [0.2, 0.25) is 0 Å². The molecule has 2 heterocycles. The summed E-state index contributed by atoms with van der Waals surface area (Å²) >= 11 is 0. The highest BCUT2D eigenvalue weighted by Gasteiger charge is 2.12. The molecule has 0 spiro atoms. The largest absolute Gasteiger partial charge is 0.463 e. The Bertz CT molecular complexity index is 547. The van der Waals surface area contributed by atoms with Crippen molar-refractivity contribution < 1.29 is 43.1 Å². The average molecular weight is 609 g/mol. The molecule has 0 aromatic heterocycles. The smallest absolute Gasteiger partial charge is 0.330 e. The Morgan fingerprint density at radius 1 is 0.738 bits per heavy atom. The minimum absolute atomic E-state index is 0. The van der Waals surface area contributed by atoms with E-state index < -0.39 is 5.97 Å². The fourth-order valence-electron chi connectivity index (χ4n) is 3.51. The van der Waals surface area contributed by atoms with Crippen molar-refractivity contribution in [2.75, 3.05) is 105 Å². The van der Waals surface area contributed by atoms with Crippen LogP contribution in [0.3, 0.4) is 0 Å². The number of rotatable bonds is 18. The lowest BCUT2D eigenvalue weighted by molar-refractivity contribution is -0.145. The van der Waals surface area contributed by atoms with Crippen molar-refractivity contribution in [1.82, 2.24) is 10.2 Å². The quantitative estimate of drug-likeness (QED) is 0.135. The Labute approximate surface area is 256 Å². The lowest BCUT2D eigenvalue weighted by Crippen LogP contribution is -2.32. The molecule has 11 heteroatoms. The van der Waals surface area contributed by atoms with Crippen LogP contribution in [0, 0.1) is 0 Å². The van der Waals surface area contributed by atoms with Crippen LogP contribution in [0.2, 0.25) is 0 Å². The summed E-state index contributed by atoms with van der Waals surface area (Å²) in [5.41, 5.74) is 0. The summed E-state index contributed by atoms with van der Waals surface area (Å²) in [4.78, 5) is 24.4. The maximum Gasteiger partial charge on any atom is 0.330 e. The molecule has 0 bridgehead atoms. The Morgan fingerprint density at radius 2 is 1.19 bits per heavy atom. The van der Waals surface area contributed by atoms with Crippen molar-refractivity contribution in [2.45, 2.75) is 73.1 Å². The van der Waals surface area contributed by atoms with E-state index >= 15 is 0 Å². The van der Waals surface area contributed by atoms with Gasteiger partial charge < -0.3 is 43.7 Å². The third-order valence-corrected chi connectivity index (χ3v) is 5.57. The van der Waals surface area contributed by atoms with Crippen LogP contribution in [0.1, 0.15) is 73.1 Å². The topological polar surface area (TPSA) is 125 Å². The fraction of sp³-hybridized carbons (Fsp3) is 0.871. The van der Waals surface area contributed by atoms with Gasteiger partial charge in [-0.15, -0.1) is 0 Å². The van der Waals surface area contributed by atoms with E-state index in [-0.39, 0.29) is 26.6 Å². The number of hydrogen-bond acceptors (Lipinski definition) is 11. The van der Waals surface area contributed by atoms with E-state index in [1.54, 1.807) is 6.92 Å². The minimum atomic E-state index is -0.423. The number of hydrogen-bond donors (Lipinski definition) is 2. The molecule has 2 rings (SSSR count). The first kappa shape index (κ1) is 44.8. The maximum absolute atomic E-state index is 11.5. The summed E-state index contributed by atoms with van der Waals surface area (Å²) in [6.45, 7) is 19.7. The van der Waals surface area contributed by atoms with E-state index in [0.29, 0.717) is 65.9 Å². The number of piperidine rings is 2. The van der Waals surface area contributed by atoms with Gasteiger partial charge in [-0.3, -0.25) is 4.79 Å². The molecule has 2 aliphatic heterocycles. The second-order valence-corrected chi connectivity index (χ2v) is 8.99. The second-order valence-electron chi connectivity index (χ2n) is 8.99. The van der Waals surface area contributed by atoms with Gasteiger partial charge in [0.25, 0.3) is 0 Å². The number of aliphatic hydroxyl groups excluding tert-OH is 1. The predicted molar refractivity (Wildman–Crippen MR) is 168 cm³/mol. The third kappa shape index (κ3) is 38.4. The molecule has 0 saturated carbocycles. The number of carbonyl (C=O) groups excluding carboxylic acids is 2. The monoisotopic (exact) mass is 608 g/mol. The van der Waals surface area contributed by atoms with Gasteiger partial charge in [-0.2, -0.15) is 0 Å². The predicted octanol–water partition coefficient (Wildman–Crippen LogP) is 3.62. The van der Waals surface area contributed by atoms with Gasteiger partial charge >= 0.3 is 11.9 Å². The number of likely N-dealkylation sites (tertiary alicyclic amines) is 1. The van der Waals surface area contributed by atoms with Gasteiger partial charge in [-0.05, 0) is 72.6 Å². The Balaban J connectivity index is -0.000000569. The molecule has 42 heavy (non-hydrogen) atoms. The van der Waals surface area contributed by atoms with E-state index in [1.165, 1.54) is 51.6 Å². The first-order valence-electron chi connectivity index (χ1n) is 15.3. The van der Waals surface area contributed by atoms with Crippen LogP contribution in [0.25, 0.3) is 0 Å². The molecule has 252 valence electrons. The molecule has 2 fully saturated rings. The van der Waals surface area contributed by atoms with Crippen LogP contribution in [-0.4, -0.2) is 127 Å². The Kier molecular flexibility index (Phi) is 42.1. The molecule has 0 amide bonds. The SMILES string of the molecule is C.C1CCNCC1.C=CC(=O)OCCOCCOCC.CCO.CCOCCOCCOC(=O)CCN1CCCCC1. The van der Waals surface area contributed by atoms with Crippen LogP contribution in [-0.2, 0) is 38.0 Å². The zero-order chi connectivity index (χ0) is 30.7. The summed E-state index contributed by atoms with van der Waals surface area (Å²) in [7, 11) is 0. The molecule has 0 unspecified atom stereocenters. The summed E-state index contributed by atoms with van der Waals surface area (Å²) in [5, 5.41) is 10.9. The highest BCUT2D eigenvalue weighted by atomic mass is 16.6. The van der Waals surface area contributed by atoms with Crippen molar-refractivity contribution in [2.24, 2.45) is 0 Å². The van der Waals surface area contributed by atoms with Gasteiger partial charge in [-0.25, -0.2) is 4.79 Å². The van der Waals surface area contributed by atoms with E-state index in [4.69, 9.17) is 28.8 Å². The molecule has 2 N–H and O–H groups in total. The number of nitrogens with zero attached hydrogens (tertiary/aromatic N) is 1. The normalized spacial score (nSPS) is 14.3. The molecule has 0 atom stereocenters. The van der Waals surface area contributed by atoms with E-state index in [1.807, 2.05) is 13.8 Å². The summed E-state index contributed by atoms with van der Waals surface area (Å²) in [6.07, 6.45) is 9.65. The first-order valence-corrected chi connectivity index (χ1v) is 15.3. The molecule has 0 aliphatic carbocycles. The lowest BCUT2D eigenvalue weighted by Gasteiger charge is -2.25. The molecule has 11 nitrogen and oxygen atoms in total. The highest BCUT2D eigenvalue weighted by molar-refractivity contribution is 5.81. The third-order valence-electron chi connectivity index (χ3n) is 5.57. The van der Waals surface area contributed by atoms with E-state index in [0.717, 1.165) is 25.7 Å². The van der Waals surface area contributed by atoms with E-state index in [2.05, 4.69) is 21.5 Å².